The van der Waals surface area contributed by atoms with Gasteiger partial charge in [0, 0.05) is 13.1 Å². The number of carbonyl (C=O) groups is 1. The van der Waals surface area contributed by atoms with Gasteiger partial charge in [0.15, 0.2) is 14.8 Å². The molecule has 7 nitrogen and oxygen atoms in total. The van der Waals surface area contributed by atoms with E-state index in [1.165, 1.54) is 23.1 Å². The van der Waals surface area contributed by atoms with Crippen molar-refractivity contribution in [3.05, 3.63) is 68.9 Å². The van der Waals surface area contributed by atoms with Gasteiger partial charge in [-0.3, -0.25) is 18.7 Å². The third-order valence-electron chi connectivity index (χ3n) is 5.84. The monoisotopic (exact) mass is 554 g/mol. The molecule has 0 atom stereocenters. The van der Waals surface area contributed by atoms with Crippen LogP contribution >= 0.6 is 35.3 Å². The zero-order valence-electron chi connectivity index (χ0n) is 21.2. The summed E-state index contributed by atoms with van der Waals surface area (Å²) < 4.78 is 10.2. The fourth-order valence-electron chi connectivity index (χ4n) is 3.99. The number of carbonyl (C=O) groups excluding carboxylic acids is 1. The van der Waals surface area contributed by atoms with Gasteiger partial charge in [-0.15, -0.1) is 0 Å². The molecule has 0 aliphatic carbocycles. The molecule has 4 rings (SSSR count). The predicted octanol–water partition coefficient (Wildman–Crippen LogP) is 6.11. The van der Waals surface area contributed by atoms with Crippen LogP contribution in [-0.2, 0) is 4.79 Å². The average Bonchev–Trinajstić information content (AvgIpc) is 3.25. The molecule has 194 valence electrons. The minimum absolute atomic E-state index is 0.0266. The van der Waals surface area contributed by atoms with Gasteiger partial charge in [0.2, 0.25) is 5.91 Å². The van der Waals surface area contributed by atoms with E-state index in [1.807, 2.05) is 73.3 Å². The zero-order valence-corrected chi connectivity index (χ0v) is 23.6. The van der Waals surface area contributed by atoms with Gasteiger partial charge in [-0.25, -0.2) is 4.98 Å². The van der Waals surface area contributed by atoms with Crippen molar-refractivity contribution in [2.24, 2.45) is 0 Å². The minimum Gasteiger partial charge on any atom is -0.492 e. The summed E-state index contributed by atoms with van der Waals surface area (Å²) in [6, 6.07) is 16.9. The van der Waals surface area contributed by atoms with Crippen molar-refractivity contribution < 1.29 is 9.53 Å². The topological polar surface area (TPSA) is 69.4 Å². The molecule has 2 heterocycles. The fraction of sp³-hybridized carbons (Fsp3) is 0.333. The van der Waals surface area contributed by atoms with Crippen molar-refractivity contribution in [2.75, 3.05) is 25.4 Å². The molecule has 0 aliphatic heterocycles. The lowest BCUT2D eigenvalue weighted by Crippen LogP contribution is -2.33. The molecule has 2 aromatic heterocycles. The van der Waals surface area contributed by atoms with Crippen molar-refractivity contribution in [3.8, 4) is 17.1 Å². The second-order valence-corrected chi connectivity index (χ2v) is 10.8. The Morgan fingerprint density at radius 1 is 1.08 bits per heavy atom. The van der Waals surface area contributed by atoms with Crippen LogP contribution in [0.2, 0.25) is 0 Å². The molecule has 0 spiro atoms. The van der Waals surface area contributed by atoms with Crippen LogP contribution in [0.25, 0.3) is 21.7 Å². The molecule has 0 saturated heterocycles. The van der Waals surface area contributed by atoms with Crippen LogP contribution < -0.4 is 10.3 Å². The largest absolute Gasteiger partial charge is 0.492 e. The summed E-state index contributed by atoms with van der Waals surface area (Å²) in [5.74, 6) is 0.871. The smallest absolute Gasteiger partial charge is 0.278 e. The summed E-state index contributed by atoms with van der Waals surface area (Å²) in [5.41, 5.74) is 1.67. The number of unbranched alkanes of at least 4 members (excludes halogenated alkanes) is 1. The van der Waals surface area contributed by atoms with Crippen LogP contribution in [0.15, 0.2) is 64.5 Å². The van der Waals surface area contributed by atoms with Crippen LogP contribution in [0, 0.1) is 3.95 Å². The van der Waals surface area contributed by atoms with E-state index >= 15 is 0 Å². The summed E-state index contributed by atoms with van der Waals surface area (Å²) in [5, 5.41) is 0.444. The van der Waals surface area contributed by atoms with Gasteiger partial charge in [0.05, 0.1) is 23.7 Å². The lowest BCUT2D eigenvalue weighted by atomic mass is 10.3. The second-order valence-electron chi connectivity index (χ2n) is 8.24. The number of benzene rings is 2. The van der Waals surface area contributed by atoms with E-state index in [9.17, 15) is 9.59 Å². The third-order valence-corrected chi connectivity index (χ3v) is 8.11. The predicted molar refractivity (Wildman–Crippen MR) is 154 cm³/mol. The molecule has 2 aromatic carbocycles. The Kier molecular flexibility index (Phi) is 9.18. The molecule has 4 aromatic rings. The Hall–Kier alpha value is -2.95. The molecule has 1 amide bonds. The van der Waals surface area contributed by atoms with Crippen LogP contribution in [0.3, 0.4) is 0 Å². The molecule has 0 unspecified atom stereocenters. The highest BCUT2D eigenvalue weighted by Gasteiger charge is 2.22. The first kappa shape index (κ1) is 27.1. The molecule has 0 aliphatic rings. The SMILES string of the molecule is CCCCN(CC)C(=O)CSc1nc2c(sc(=S)n2-c2ccccc2OCC)c(=O)n1-c1ccccc1. The number of fused-ring (bicyclic) bond motifs is 1. The maximum atomic E-state index is 13.9. The number of thiazole rings is 1. The number of aromatic nitrogens is 3. The van der Waals surface area contributed by atoms with Crippen molar-refractivity contribution in [3.63, 3.8) is 0 Å². The highest BCUT2D eigenvalue weighted by Crippen LogP contribution is 2.31. The highest BCUT2D eigenvalue weighted by atomic mass is 32.2. The van der Waals surface area contributed by atoms with E-state index in [0.29, 0.717) is 44.0 Å². The summed E-state index contributed by atoms with van der Waals surface area (Å²) in [6.07, 6.45) is 1.98. The lowest BCUT2D eigenvalue weighted by molar-refractivity contribution is -0.128. The average molecular weight is 555 g/mol. The van der Waals surface area contributed by atoms with Crippen molar-refractivity contribution in [2.45, 2.75) is 38.8 Å². The van der Waals surface area contributed by atoms with Gasteiger partial charge >= 0.3 is 0 Å². The van der Waals surface area contributed by atoms with Gasteiger partial charge < -0.3 is 9.64 Å². The molecular formula is C27H30N4O3S3. The number of para-hydroxylation sites is 3. The van der Waals surface area contributed by atoms with Gasteiger partial charge in [0.1, 0.15) is 10.4 Å². The number of amides is 1. The summed E-state index contributed by atoms with van der Waals surface area (Å²) >= 11 is 8.21. The molecule has 0 saturated carbocycles. The number of nitrogens with zero attached hydrogens (tertiary/aromatic N) is 4. The molecule has 0 bridgehead atoms. The van der Waals surface area contributed by atoms with Crippen molar-refractivity contribution >= 4 is 51.6 Å². The number of rotatable bonds is 11. The number of hydrogen-bond acceptors (Lipinski definition) is 7. The minimum atomic E-state index is -0.215. The van der Waals surface area contributed by atoms with E-state index in [0.717, 1.165) is 25.1 Å². The quantitative estimate of drug-likeness (QED) is 0.127. The molecule has 37 heavy (non-hydrogen) atoms. The maximum Gasteiger partial charge on any atom is 0.278 e. The summed E-state index contributed by atoms with van der Waals surface area (Å²) in [7, 11) is 0. The molecular weight excluding hydrogens is 525 g/mol. The molecule has 0 N–H and O–H groups in total. The Labute approximate surface area is 229 Å². The van der Waals surface area contributed by atoms with E-state index < -0.39 is 0 Å². The van der Waals surface area contributed by atoms with Crippen LogP contribution in [-0.4, -0.2) is 50.4 Å². The molecule has 0 radical (unpaired) electrons. The van der Waals surface area contributed by atoms with E-state index in [4.69, 9.17) is 21.9 Å². The van der Waals surface area contributed by atoms with Gasteiger partial charge in [-0.2, -0.15) is 0 Å². The Balaban J connectivity index is 1.86. The van der Waals surface area contributed by atoms with Crippen LogP contribution in [0.5, 0.6) is 5.75 Å². The molecule has 10 heteroatoms. The summed E-state index contributed by atoms with van der Waals surface area (Å²) in [4.78, 5) is 33.7. The third kappa shape index (κ3) is 5.81. The lowest BCUT2D eigenvalue weighted by Gasteiger charge is -2.20. The fourth-order valence-corrected chi connectivity index (χ4v) is 6.19. The van der Waals surface area contributed by atoms with E-state index in [-0.39, 0.29) is 17.2 Å². The Bertz CT molecular complexity index is 1490. The molecule has 0 fully saturated rings. The van der Waals surface area contributed by atoms with Crippen molar-refractivity contribution in [1.29, 1.82) is 0 Å². The van der Waals surface area contributed by atoms with E-state index in [1.54, 1.807) is 9.13 Å². The van der Waals surface area contributed by atoms with Gasteiger partial charge in [-0.1, -0.05) is 66.8 Å². The number of ether oxygens (including phenoxy) is 1. The normalized spacial score (nSPS) is 11.1. The highest BCUT2D eigenvalue weighted by molar-refractivity contribution is 7.99. The first-order valence-electron chi connectivity index (χ1n) is 12.4. The zero-order chi connectivity index (χ0) is 26.4. The van der Waals surface area contributed by atoms with Gasteiger partial charge in [0.25, 0.3) is 5.56 Å². The van der Waals surface area contributed by atoms with Crippen LogP contribution in [0.4, 0.5) is 0 Å². The maximum absolute atomic E-state index is 13.9. The number of hydrogen-bond donors (Lipinski definition) is 0. The number of thioether (sulfide) groups is 1. The van der Waals surface area contributed by atoms with Crippen LogP contribution in [0.1, 0.15) is 33.6 Å². The Morgan fingerprint density at radius 3 is 2.51 bits per heavy atom. The summed E-state index contributed by atoms with van der Waals surface area (Å²) in [6.45, 7) is 7.88. The standard InChI is InChI=1S/C27H30N4O3S3/c1-4-7-17-29(5-2)22(32)18-36-26-28-24-23(25(33)30(26)19-13-9-8-10-14-19)37-27(35)31(24)20-15-11-12-16-21(20)34-6-3/h8-16H,4-7,17-18H2,1-3H3. The Morgan fingerprint density at radius 2 is 1.81 bits per heavy atom. The van der Waals surface area contributed by atoms with Gasteiger partial charge in [-0.05, 0) is 56.8 Å². The van der Waals surface area contributed by atoms with Crippen molar-refractivity contribution in [1.82, 2.24) is 19.0 Å². The van der Waals surface area contributed by atoms with E-state index in [2.05, 4.69) is 6.92 Å². The second kappa shape index (κ2) is 12.5. The first-order valence-corrected chi connectivity index (χ1v) is 14.6. The first-order chi connectivity index (χ1) is 18.0.